The number of rotatable bonds is 5. The fourth-order valence-corrected chi connectivity index (χ4v) is 2.53. The van der Waals surface area contributed by atoms with Gasteiger partial charge in [0.2, 0.25) is 5.43 Å². The maximum absolute atomic E-state index is 12.1. The lowest BCUT2D eigenvalue weighted by atomic mass is 9.99. The Hall–Kier alpha value is -2.59. The van der Waals surface area contributed by atoms with E-state index in [1.807, 2.05) is 18.2 Å². The lowest BCUT2D eigenvalue weighted by Gasteiger charge is -2.17. The van der Waals surface area contributed by atoms with Crippen molar-refractivity contribution >= 4 is 11.6 Å². The van der Waals surface area contributed by atoms with Crippen molar-refractivity contribution in [3.05, 3.63) is 74.0 Å². The summed E-state index contributed by atoms with van der Waals surface area (Å²) in [7, 11) is 0. The van der Waals surface area contributed by atoms with Crippen LogP contribution in [0.25, 0.3) is 11.1 Å². The van der Waals surface area contributed by atoms with Crippen LogP contribution in [0.1, 0.15) is 13.8 Å². The first kappa shape index (κ1) is 16.3. The number of hydrogen-bond donors (Lipinski definition) is 0. The summed E-state index contributed by atoms with van der Waals surface area (Å²) in [6, 6.07) is 14.0. The molecule has 122 valence electrons. The molecule has 0 fully saturated rings. The average molecular weight is 343 g/mol. The fourth-order valence-electron chi connectivity index (χ4n) is 2.37. The zero-order valence-corrected chi connectivity index (χ0v) is 14.0. The van der Waals surface area contributed by atoms with Crippen molar-refractivity contribution in [2.45, 2.75) is 20.0 Å². The highest BCUT2D eigenvalue weighted by Gasteiger charge is 2.27. The molecule has 5 heteroatoms. The first-order valence-electron chi connectivity index (χ1n) is 7.50. The Labute approximate surface area is 143 Å². The van der Waals surface area contributed by atoms with Crippen LogP contribution in [-0.2, 0) is 0 Å². The maximum Gasteiger partial charge on any atom is 0.268 e. The Kier molecular flexibility index (Phi) is 4.40. The number of hydrogen-bond acceptors (Lipinski definition) is 4. The van der Waals surface area contributed by atoms with E-state index in [0.717, 1.165) is 0 Å². The Balaban J connectivity index is 2.08. The van der Waals surface area contributed by atoms with Gasteiger partial charge in [-0.05, 0) is 38.1 Å². The van der Waals surface area contributed by atoms with Crippen LogP contribution in [0, 0.1) is 0 Å². The van der Waals surface area contributed by atoms with Gasteiger partial charge < -0.3 is 9.47 Å². The van der Waals surface area contributed by atoms with Crippen LogP contribution < -0.4 is 20.3 Å². The maximum atomic E-state index is 12.1. The van der Waals surface area contributed by atoms with E-state index in [9.17, 15) is 9.59 Å². The van der Waals surface area contributed by atoms with E-state index in [0.29, 0.717) is 22.1 Å². The minimum absolute atomic E-state index is 0.0789. The van der Waals surface area contributed by atoms with Crippen LogP contribution in [0.3, 0.4) is 0 Å². The normalized spacial score (nSPS) is 11.0. The predicted octanol–water partition coefficient (Wildman–Crippen LogP) is 4.18. The smallest absolute Gasteiger partial charge is 0.268 e. The molecule has 0 amide bonds. The van der Waals surface area contributed by atoms with E-state index in [2.05, 4.69) is 0 Å². The van der Waals surface area contributed by atoms with Crippen LogP contribution >= 0.6 is 11.6 Å². The SMILES string of the molecule is CC(C)Oc1c(-c2ccc(Cl)cc2Oc2ccccc2)c(=O)c1=O. The lowest BCUT2D eigenvalue weighted by molar-refractivity contribution is 0.238. The molecule has 0 unspecified atom stereocenters. The highest BCUT2D eigenvalue weighted by Crippen LogP contribution is 2.38. The van der Waals surface area contributed by atoms with Crippen molar-refractivity contribution in [2.75, 3.05) is 0 Å². The van der Waals surface area contributed by atoms with Gasteiger partial charge in [-0.2, -0.15) is 0 Å². The summed E-state index contributed by atoms with van der Waals surface area (Å²) >= 11 is 6.06. The second-order valence-electron chi connectivity index (χ2n) is 5.58. The van der Waals surface area contributed by atoms with Crippen molar-refractivity contribution < 1.29 is 9.47 Å². The van der Waals surface area contributed by atoms with Crippen LogP contribution in [0.5, 0.6) is 17.2 Å². The summed E-state index contributed by atoms with van der Waals surface area (Å²) in [5.74, 6) is 1.08. The van der Waals surface area contributed by atoms with E-state index in [1.165, 1.54) is 0 Å². The quantitative estimate of drug-likeness (QED) is 0.653. The fraction of sp³-hybridized carbons (Fsp3) is 0.158. The molecule has 0 aliphatic rings. The van der Waals surface area contributed by atoms with Gasteiger partial charge in [-0.3, -0.25) is 9.59 Å². The van der Waals surface area contributed by atoms with Gasteiger partial charge >= 0.3 is 0 Å². The van der Waals surface area contributed by atoms with Crippen LogP contribution in [0.15, 0.2) is 58.1 Å². The Morgan fingerprint density at radius 1 is 0.958 bits per heavy atom. The van der Waals surface area contributed by atoms with Gasteiger partial charge in [0.15, 0.2) is 5.75 Å². The lowest BCUT2D eigenvalue weighted by Crippen LogP contribution is -2.35. The van der Waals surface area contributed by atoms with E-state index < -0.39 is 10.9 Å². The highest BCUT2D eigenvalue weighted by molar-refractivity contribution is 6.30. The molecule has 0 N–H and O–H groups in total. The van der Waals surface area contributed by atoms with E-state index in [1.54, 1.807) is 44.2 Å². The van der Waals surface area contributed by atoms with Gasteiger partial charge in [0.25, 0.3) is 5.43 Å². The molecule has 0 atom stereocenters. The third kappa shape index (κ3) is 3.05. The summed E-state index contributed by atoms with van der Waals surface area (Å²) < 4.78 is 11.3. The standard InChI is InChI=1S/C19H15ClO4/c1-11(2)23-19-16(17(21)18(19)22)14-9-8-12(20)10-15(14)24-13-6-4-3-5-7-13/h3-11H,1-2H3. The number of para-hydroxylation sites is 1. The Morgan fingerprint density at radius 2 is 1.67 bits per heavy atom. The Bertz CT molecular complexity index is 938. The summed E-state index contributed by atoms with van der Waals surface area (Å²) in [5, 5.41) is 0.467. The van der Waals surface area contributed by atoms with Crippen LogP contribution in [0.4, 0.5) is 0 Å². The second kappa shape index (κ2) is 6.49. The minimum atomic E-state index is -0.612. The van der Waals surface area contributed by atoms with Crippen LogP contribution in [-0.4, -0.2) is 6.10 Å². The van der Waals surface area contributed by atoms with Gasteiger partial charge in [0.1, 0.15) is 11.5 Å². The van der Waals surface area contributed by atoms with Gasteiger partial charge in [0, 0.05) is 16.7 Å². The summed E-state index contributed by atoms with van der Waals surface area (Å²) in [6.45, 7) is 3.59. The molecule has 4 nitrogen and oxygen atoms in total. The van der Waals surface area contributed by atoms with Gasteiger partial charge in [-0.25, -0.2) is 0 Å². The third-order valence-corrected chi connectivity index (χ3v) is 3.64. The molecule has 24 heavy (non-hydrogen) atoms. The first-order chi connectivity index (χ1) is 11.5. The first-order valence-corrected chi connectivity index (χ1v) is 7.88. The Morgan fingerprint density at radius 3 is 2.33 bits per heavy atom. The molecule has 0 saturated carbocycles. The van der Waals surface area contributed by atoms with Crippen molar-refractivity contribution in [2.24, 2.45) is 0 Å². The van der Waals surface area contributed by atoms with Gasteiger partial charge in [-0.15, -0.1) is 0 Å². The second-order valence-corrected chi connectivity index (χ2v) is 6.02. The molecule has 3 rings (SSSR count). The molecule has 0 spiro atoms. The van der Waals surface area contributed by atoms with Gasteiger partial charge in [-0.1, -0.05) is 29.8 Å². The third-order valence-electron chi connectivity index (χ3n) is 3.40. The number of ether oxygens (including phenoxy) is 2. The van der Waals surface area contributed by atoms with Gasteiger partial charge in [0.05, 0.1) is 11.7 Å². The highest BCUT2D eigenvalue weighted by atomic mass is 35.5. The summed E-state index contributed by atoms with van der Waals surface area (Å²) in [4.78, 5) is 23.9. The van der Waals surface area contributed by atoms with E-state index >= 15 is 0 Å². The molecule has 0 aliphatic carbocycles. The molecule has 0 heterocycles. The molecule has 0 bridgehead atoms. The number of benzene rings is 2. The summed E-state index contributed by atoms with van der Waals surface area (Å²) in [5.41, 5.74) is -0.468. The molecule has 0 aromatic heterocycles. The number of halogens is 1. The molecule has 3 aromatic carbocycles. The molecular formula is C19H15ClO4. The van der Waals surface area contributed by atoms with Crippen molar-refractivity contribution in [3.63, 3.8) is 0 Å². The molecule has 0 radical (unpaired) electrons. The summed E-state index contributed by atoms with van der Waals surface area (Å²) in [6.07, 6.45) is -0.210. The van der Waals surface area contributed by atoms with E-state index in [-0.39, 0.29) is 17.4 Å². The van der Waals surface area contributed by atoms with Crippen molar-refractivity contribution in [1.29, 1.82) is 0 Å². The molecule has 0 saturated heterocycles. The monoisotopic (exact) mass is 342 g/mol. The molecular weight excluding hydrogens is 328 g/mol. The molecule has 3 aromatic rings. The van der Waals surface area contributed by atoms with E-state index in [4.69, 9.17) is 21.1 Å². The van der Waals surface area contributed by atoms with Crippen molar-refractivity contribution in [1.82, 2.24) is 0 Å². The van der Waals surface area contributed by atoms with Crippen molar-refractivity contribution in [3.8, 4) is 28.4 Å². The zero-order chi connectivity index (χ0) is 17.3. The zero-order valence-electron chi connectivity index (χ0n) is 13.2. The molecule has 0 aliphatic heterocycles. The predicted molar refractivity (Wildman–Crippen MR) is 94.1 cm³/mol. The minimum Gasteiger partial charge on any atom is -0.486 e. The largest absolute Gasteiger partial charge is 0.486 e. The topological polar surface area (TPSA) is 52.6 Å². The average Bonchev–Trinajstić information content (AvgIpc) is 2.56. The van der Waals surface area contributed by atoms with Crippen LogP contribution in [0.2, 0.25) is 5.02 Å².